The molecule has 18 heavy (non-hydrogen) atoms. The zero-order chi connectivity index (χ0) is 12.3. The van der Waals surface area contributed by atoms with Gasteiger partial charge in [-0.25, -0.2) is 4.39 Å². The molecule has 0 saturated carbocycles. The van der Waals surface area contributed by atoms with Crippen LogP contribution in [0.5, 0.6) is 0 Å². The lowest BCUT2D eigenvalue weighted by Crippen LogP contribution is -2.32. The second-order valence-electron chi connectivity index (χ2n) is 5.09. The van der Waals surface area contributed by atoms with Gasteiger partial charge in [0.05, 0.1) is 11.2 Å². The maximum absolute atomic E-state index is 13.5. The number of halogens is 2. The van der Waals surface area contributed by atoms with Crippen LogP contribution in [0.3, 0.4) is 0 Å². The van der Waals surface area contributed by atoms with Gasteiger partial charge in [0.15, 0.2) is 0 Å². The summed E-state index contributed by atoms with van der Waals surface area (Å²) in [4.78, 5) is 0. The molecule has 2 unspecified atom stereocenters. The van der Waals surface area contributed by atoms with E-state index in [1.807, 2.05) is 6.07 Å². The van der Waals surface area contributed by atoms with E-state index in [0.29, 0.717) is 12.1 Å². The molecule has 2 aliphatic rings. The third-order valence-electron chi connectivity index (χ3n) is 4.12. The molecule has 2 aromatic rings. The molecule has 1 fully saturated rings. The van der Waals surface area contributed by atoms with E-state index in [4.69, 9.17) is 0 Å². The third-order valence-corrected chi connectivity index (χ3v) is 5.83. The molecule has 2 atom stereocenters. The van der Waals surface area contributed by atoms with Crippen molar-refractivity contribution >= 4 is 41.2 Å². The standard InChI is InChI=1S/C13H12FIN2S/c14-7-1-4-12-9(5-7)10-6-8-2-3-11(16-8)13(10)17(12)18-15/h1,4-5,8,11,16H,2-3,6H2. The van der Waals surface area contributed by atoms with E-state index < -0.39 is 0 Å². The molecule has 0 aliphatic carbocycles. The van der Waals surface area contributed by atoms with E-state index in [1.54, 1.807) is 21.3 Å². The second kappa shape index (κ2) is 4.11. The van der Waals surface area contributed by atoms with Crippen molar-refractivity contribution in [3.8, 4) is 0 Å². The summed E-state index contributed by atoms with van der Waals surface area (Å²) in [6.07, 6.45) is 3.48. The molecule has 3 heterocycles. The van der Waals surface area contributed by atoms with Gasteiger partial charge in [-0.2, -0.15) is 0 Å². The van der Waals surface area contributed by atoms with Crippen molar-refractivity contribution in [3.63, 3.8) is 0 Å². The lowest BCUT2D eigenvalue weighted by molar-refractivity contribution is 0.508. The van der Waals surface area contributed by atoms with E-state index in [1.165, 1.54) is 24.1 Å². The summed E-state index contributed by atoms with van der Waals surface area (Å²) in [6, 6.07) is 6.20. The van der Waals surface area contributed by atoms with Gasteiger partial charge < -0.3 is 5.32 Å². The van der Waals surface area contributed by atoms with Crippen LogP contribution in [0.15, 0.2) is 18.2 Å². The molecule has 2 bridgehead atoms. The average molecular weight is 374 g/mol. The first kappa shape index (κ1) is 11.5. The van der Waals surface area contributed by atoms with Crippen LogP contribution in [-0.2, 0) is 6.42 Å². The van der Waals surface area contributed by atoms with Crippen LogP contribution >= 0.6 is 30.3 Å². The smallest absolute Gasteiger partial charge is 0.123 e. The molecule has 5 heteroatoms. The van der Waals surface area contributed by atoms with Crippen molar-refractivity contribution < 1.29 is 4.39 Å². The maximum atomic E-state index is 13.5. The van der Waals surface area contributed by atoms with Gasteiger partial charge in [-0.15, -0.1) is 0 Å². The Morgan fingerprint density at radius 2 is 2.28 bits per heavy atom. The predicted octanol–water partition coefficient (Wildman–Crippen LogP) is 3.98. The SMILES string of the molecule is Fc1ccc2c(c1)c1c(n2SI)C2CCC(C1)N2. The molecule has 94 valence electrons. The number of hydrogen-bond donors (Lipinski definition) is 1. The van der Waals surface area contributed by atoms with Crippen LogP contribution in [0, 0.1) is 5.82 Å². The summed E-state index contributed by atoms with van der Waals surface area (Å²) >= 11 is 2.31. The highest BCUT2D eigenvalue weighted by Crippen LogP contribution is 2.44. The molecule has 0 amide bonds. The lowest BCUT2D eigenvalue weighted by Gasteiger charge is -2.23. The normalized spacial score (nSPS) is 25.7. The Morgan fingerprint density at radius 3 is 3.11 bits per heavy atom. The fourth-order valence-corrected chi connectivity index (χ4v) is 5.22. The first-order chi connectivity index (χ1) is 8.78. The van der Waals surface area contributed by atoms with Crippen molar-refractivity contribution in [1.29, 1.82) is 0 Å². The number of benzene rings is 1. The summed E-state index contributed by atoms with van der Waals surface area (Å²) in [5, 5.41) is 4.77. The molecular formula is C13H12FIN2S. The van der Waals surface area contributed by atoms with E-state index in [-0.39, 0.29) is 5.82 Å². The Labute approximate surface area is 121 Å². The van der Waals surface area contributed by atoms with Crippen LogP contribution in [0.25, 0.3) is 10.9 Å². The van der Waals surface area contributed by atoms with Crippen molar-refractivity contribution in [2.45, 2.75) is 31.3 Å². The van der Waals surface area contributed by atoms with Gasteiger partial charge in [-0.05, 0) is 43.0 Å². The first-order valence-electron chi connectivity index (χ1n) is 6.16. The fourth-order valence-electron chi connectivity index (χ4n) is 3.40. The largest absolute Gasteiger partial charge is 0.306 e. The third kappa shape index (κ3) is 1.50. The monoisotopic (exact) mass is 374 g/mol. The Morgan fingerprint density at radius 1 is 1.39 bits per heavy atom. The highest BCUT2D eigenvalue weighted by atomic mass is 127. The number of nitrogens with zero attached hydrogens (tertiary/aromatic N) is 1. The predicted molar refractivity (Wildman–Crippen MR) is 81.5 cm³/mol. The minimum atomic E-state index is -0.133. The minimum Gasteiger partial charge on any atom is -0.306 e. The van der Waals surface area contributed by atoms with Crippen LogP contribution in [-0.4, -0.2) is 10.0 Å². The Hall–Kier alpha value is -0.270. The molecule has 1 saturated heterocycles. The van der Waals surface area contributed by atoms with Gasteiger partial charge in [-0.1, -0.05) is 0 Å². The number of hydrogen-bond acceptors (Lipinski definition) is 2. The van der Waals surface area contributed by atoms with E-state index in [2.05, 4.69) is 30.5 Å². The summed E-state index contributed by atoms with van der Waals surface area (Å²) in [5.41, 5.74) is 3.87. The first-order valence-corrected chi connectivity index (χ1v) is 9.47. The molecule has 4 rings (SSSR count). The van der Waals surface area contributed by atoms with Crippen molar-refractivity contribution in [2.75, 3.05) is 0 Å². The molecule has 0 spiro atoms. The molecule has 2 aliphatic heterocycles. The van der Waals surface area contributed by atoms with E-state index >= 15 is 0 Å². The van der Waals surface area contributed by atoms with Gasteiger partial charge in [0.2, 0.25) is 0 Å². The Kier molecular flexibility index (Phi) is 2.64. The second-order valence-corrected chi connectivity index (χ2v) is 6.77. The number of nitrogens with one attached hydrogen (secondary N) is 1. The quantitative estimate of drug-likeness (QED) is 0.761. The Bertz CT molecular complexity index is 639. The Balaban J connectivity index is 2.07. The fraction of sp³-hybridized carbons (Fsp3) is 0.385. The van der Waals surface area contributed by atoms with E-state index in [0.717, 1.165) is 17.3 Å². The molecule has 1 aromatic heterocycles. The van der Waals surface area contributed by atoms with Crippen molar-refractivity contribution in [2.24, 2.45) is 0 Å². The van der Waals surface area contributed by atoms with Crippen LogP contribution in [0.4, 0.5) is 4.39 Å². The van der Waals surface area contributed by atoms with Gasteiger partial charge in [0.1, 0.15) is 5.82 Å². The van der Waals surface area contributed by atoms with Crippen LogP contribution in [0.2, 0.25) is 0 Å². The maximum Gasteiger partial charge on any atom is 0.123 e. The molecule has 0 radical (unpaired) electrons. The number of rotatable bonds is 1. The lowest BCUT2D eigenvalue weighted by atomic mass is 9.99. The number of fused-ring (bicyclic) bond motifs is 6. The molecule has 2 nitrogen and oxygen atoms in total. The van der Waals surface area contributed by atoms with Crippen LogP contribution in [0.1, 0.15) is 30.1 Å². The molecule has 1 N–H and O–H groups in total. The minimum absolute atomic E-state index is 0.133. The van der Waals surface area contributed by atoms with Crippen molar-refractivity contribution in [1.82, 2.24) is 9.29 Å². The van der Waals surface area contributed by atoms with Gasteiger partial charge in [-0.3, -0.25) is 3.97 Å². The van der Waals surface area contributed by atoms with Gasteiger partial charge in [0.25, 0.3) is 0 Å². The van der Waals surface area contributed by atoms with Crippen molar-refractivity contribution in [3.05, 3.63) is 35.3 Å². The molecule has 1 aromatic carbocycles. The molecular weight excluding hydrogens is 362 g/mol. The average Bonchev–Trinajstić information content (AvgIpc) is 2.90. The van der Waals surface area contributed by atoms with E-state index in [9.17, 15) is 4.39 Å². The van der Waals surface area contributed by atoms with Gasteiger partial charge in [0, 0.05) is 47.8 Å². The van der Waals surface area contributed by atoms with Crippen LogP contribution < -0.4 is 5.32 Å². The summed E-state index contributed by atoms with van der Waals surface area (Å²) in [7, 11) is 1.69. The summed E-state index contributed by atoms with van der Waals surface area (Å²) in [5.74, 6) is -0.133. The number of aromatic nitrogens is 1. The zero-order valence-electron chi connectivity index (χ0n) is 9.62. The highest BCUT2D eigenvalue weighted by Gasteiger charge is 2.36. The van der Waals surface area contributed by atoms with Gasteiger partial charge >= 0.3 is 0 Å². The topological polar surface area (TPSA) is 17.0 Å². The zero-order valence-corrected chi connectivity index (χ0v) is 12.6. The highest BCUT2D eigenvalue weighted by molar-refractivity contribution is 14.2. The summed E-state index contributed by atoms with van der Waals surface area (Å²) < 4.78 is 15.8. The summed E-state index contributed by atoms with van der Waals surface area (Å²) in [6.45, 7) is 0.